The summed E-state index contributed by atoms with van der Waals surface area (Å²) in [5.74, 6) is -0.320. The number of furan rings is 1. The van der Waals surface area contributed by atoms with Crippen LogP contribution in [0.4, 0.5) is 10.5 Å². The Morgan fingerprint density at radius 3 is 2.57 bits per heavy atom. The summed E-state index contributed by atoms with van der Waals surface area (Å²) in [4.78, 5) is 38.4. The van der Waals surface area contributed by atoms with Crippen molar-refractivity contribution in [3.05, 3.63) is 54.0 Å². The zero-order valence-corrected chi connectivity index (χ0v) is 17.4. The van der Waals surface area contributed by atoms with E-state index in [0.29, 0.717) is 18.1 Å². The van der Waals surface area contributed by atoms with Crippen LogP contribution >= 0.6 is 0 Å². The first kappa shape index (κ1) is 23.0. The number of carbonyl (C=O) groups is 3. The standard InChI is InChI=1S/C22H28N2O6/c1-3-5-14-30-21(26)18-10-6-7-11-19(18)23-22(27)24(13-12-20(25)28-4-2)16-17-9-8-15-29-17/h6-11,15H,3-5,12-14,16H2,1-2H3,(H,23,27). The van der Waals surface area contributed by atoms with Gasteiger partial charge in [0.1, 0.15) is 5.76 Å². The number of carbonyl (C=O) groups excluding carboxylic acids is 3. The van der Waals surface area contributed by atoms with Gasteiger partial charge in [0.05, 0.1) is 43.7 Å². The van der Waals surface area contributed by atoms with E-state index in [0.717, 1.165) is 12.8 Å². The Morgan fingerprint density at radius 1 is 1.07 bits per heavy atom. The third-order valence-corrected chi connectivity index (χ3v) is 4.22. The molecule has 8 heteroatoms. The van der Waals surface area contributed by atoms with Crippen LogP contribution in [0.1, 0.15) is 49.2 Å². The topological polar surface area (TPSA) is 98.1 Å². The highest BCUT2D eigenvalue weighted by atomic mass is 16.5. The average molecular weight is 416 g/mol. The molecule has 162 valence electrons. The first-order valence-electron chi connectivity index (χ1n) is 10.0. The molecule has 0 aliphatic rings. The van der Waals surface area contributed by atoms with Crippen LogP contribution in [0.15, 0.2) is 47.1 Å². The molecule has 2 rings (SSSR count). The van der Waals surface area contributed by atoms with E-state index in [-0.39, 0.29) is 31.7 Å². The molecule has 0 aliphatic carbocycles. The van der Waals surface area contributed by atoms with E-state index in [2.05, 4.69) is 5.32 Å². The van der Waals surface area contributed by atoms with Crippen LogP contribution in [0.3, 0.4) is 0 Å². The molecule has 0 aliphatic heterocycles. The lowest BCUT2D eigenvalue weighted by Crippen LogP contribution is -2.36. The maximum absolute atomic E-state index is 12.9. The molecule has 2 amide bonds. The first-order chi connectivity index (χ1) is 14.5. The molecule has 8 nitrogen and oxygen atoms in total. The molecule has 1 heterocycles. The highest BCUT2D eigenvalue weighted by Crippen LogP contribution is 2.18. The van der Waals surface area contributed by atoms with E-state index < -0.39 is 18.0 Å². The summed E-state index contributed by atoms with van der Waals surface area (Å²) in [6.07, 6.45) is 3.24. The predicted octanol–water partition coefficient (Wildman–Crippen LogP) is 4.22. The number of amides is 2. The highest BCUT2D eigenvalue weighted by Gasteiger charge is 2.20. The number of anilines is 1. The Hall–Kier alpha value is -3.29. The fourth-order valence-corrected chi connectivity index (χ4v) is 2.65. The van der Waals surface area contributed by atoms with Gasteiger partial charge in [0.15, 0.2) is 0 Å². The van der Waals surface area contributed by atoms with Crippen molar-refractivity contribution in [2.24, 2.45) is 0 Å². The van der Waals surface area contributed by atoms with E-state index in [1.165, 1.54) is 11.2 Å². The van der Waals surface area contributed by atoms with Crippen LogP contribution in [0, 0.1) is 0 Å². The Morgan fingerprint density at radius 2 is 1.87 bits per heavy atom. The maximum atomic E-state index is 12.9. The van der Waals surface area contributed by atoms with E-state index in [9.17, 15) is 14.4 Å². The summed E-state index contributed by atoms with van der Waals surface area (Å²) in [7, 11) is 0. The number of esters is 2. The molecule has 0 saturated heterocycles. The number of unbranched alkanes of at least 4 members (excludes halogenated alkanes) is 1. The van der Waals surface area contributed by atoms with Gasteiger partial charge in [-0.05, 0) is 37.6 Å². The minimum Gasteiger partial charge on any atom is -0.467 e. The second kappa shape index (κ2) is 12.3. The molecular formula is C22H28N2O6. The normalized spacial score (nSPS) is 10.3. The minimum absolute atomic E-state index is 0.0443. The Bertz CT molecular complexity index is 819. The molecule has 0 saturated carbocycles. The lowest BCUT2D eigenvalue weighted by molar-refractivity contribution is -0.143. The number of hydrogen-bond acceptors (Lipinski definition) is 6. The van der Waals surface area contributed by atoms with Gasteiger partial charge in [0.2, 0.25) is 0 Å². The second-order valence-electron chi connectivity index (χ2n) is 6.52. The van der Waals surface area contributed by atoms with Crippen molar-refractivity contribution < 1.29 is 28.3 Å². The fourth-order valence-electron chi connectivity index (χ4n) is 2.65. The zero-order chi connectivity index (χ0) is 21.8. The van der Waals surface area contributed by atoms with Crippen LogP contribution in [-0.4, -0.2) is 42.6 Å². The molecule has 1 aromatic carbocycles. The molecular weight excluding hydrogens is 388 g/mol. The van der Waals surface area contributed by atoms with E-state index in [1.807, 2.05) is 6.92 Å². The quantitative estimate of drug-likeness (QED) is 0.435. The lowest BCUT2D eigenvalue weighted by Gasteiger charge is -2.22. The van der Waals surface area contributed by atoms with E-state index >= 15 is 0 Å². The van der Waals surface area contributed by atoms with Gasteiger partial charge in [0.25, 0.3) is 0 Å². The van der Waals surface area contributed by atoms with Crippen LogP contribution in [0.25, 0.3) is 0 Å². The number of nitrogens with zero attached hydrogens (tertiary/aromatic N) is 1. The van der Waals surface area contributed by atoms with Crippen LogP contribution in [0.2, 0.25) is 0 Å². The molecule has 0 unspecified atom stereocenters. The summed E-state index contributed by atoms with van der Waals surface area (Å²) < 4.78 is 15.5. The molecule has 30 heavy (non-hydrogen) atoms. The molecule has 0 fully saturated rings. The summed E-state index contributed by atoms with van der Waals surface area (Å²) in [5, 5.41) is 2.74. The van der Waals surface area contributed by atoms with Crippen molar-refractivity contribution in [2.75, 3.05) is 25.1 Å². The third kappa shape index (κ3) is 7.27. The van der Waals surface area contributed by atoms with Gasteiger partial charge in [-0.25, -0.2) is 9.59 Å². The average Bonchev–Trinajstić information content (AvgIpc) is 3.25. The molecule has 1 N–H and O–H groups in total. The van der Waals surface area contributed by atoms with Crippen LogP contribution in [-0.2, 0) is 20.8 Å². The fraction of sp³-hybridized carbons (Fsp3) is 0.409. The number of ether oxygens (including phenoxy) is 2. The monoisotopic (exact) mass is 416 g/mol. The number of benzene rings is 1. The number of nitrogens with one attached hydrogen (secondary N) is 1. The van der Waals surface area contributed by atoms with E-state index in [1.54, 1.807) is 43.3 Å². The number of rotatable bonds is 11. The summed E-state index contributed by atoms with van der Waals surface area (Å²) in [6.45, 7) is 4.63. The van der Waals surface area contributed by atoms with Gasteiger partial charge in [0, 0.05) is 6.54 Å². The number of para-hydroxylation sites is 1. The van der Waals surface area contributed by atoms with Gasteiger partial charge in [-0.15, -0.1) is 0 Å². The van der Waals surface area contributed by atoms with Gasteiger partial charge in [-0.2, -0.15) is 0 Å². The number of hydrogen-bond donors (Lipinski definition) is 1. The highest BCUT2D eigenvalue weighted by molar-refractivity contribution is 6.00. The second-order valence-corrected chi connectivity index (χ2v) is 6.52. The van der Waals surface area contributed by atoms with Gasteiger partial charge in [-0.1, -0.05) is 25.5 Å². The summed E-state index contributed by atoms with van der Waals surface area (Å²) in [5.41, 5.74) is 0.606. The van der Waals surface area contributed by atoms with Gasteiger partial charge < -0.3 is 24.1 Å². The Kier molecular flexibility index (Phi) is 9.44. The third-order valence-electron chi connectivity index (χ3n) is 4.22. The van der Waals surface area contributed by atoms with Crippen molar-refractivity contribution in [3.63, 3.8) is 0 Å². The van der Waals surface area contributed by atoms with Gasteiger partial charge in [-0.3, -0.25) is 4.79 Å². The molecule has 1 aromatic heterocycles. The van der Waals surface area contributed by atoms with Crippen LogP contribution < -0.4 is 5.32 Å². The van der Waals surface area contributed by atoms with Crippen LogP contribution in [0.5, 0.6) is 0 Å². The lowest BCUT2D eigenvalue weighted by atomic mass is 10.2. The van der Waals surface area contributed by atoms with Crippen molar-refractivity contribution >= 4 is 23.7 Å². The first-order valence-corrected chi connectivity index (χ1v) is 10.0. The SMILES string of the molecule is CCCCOC(=O)c1ccccc1NC(=O)N(CCC(=O)OCC)Cc1ccco1. The van der Waals surface area contributed by atoms with Crippen molar-refractivity contribution in [2.45, 2.75) is 39.7 Å². The van der Waals surface area contributed by atoms with Crippen molar-refractivity contribution in [3.8, 4) is 0 Å². The maximum Gasteiger partial charge on any atom is 0.340 e. The predicted molar refractivity (Wildman–Crippen MR) is 111 cm³/mol. The summed E-state index contributed by atoms with van der Waals surface area (Å²) >= 11 is 0. The van der Waals surface area contributed by atoms with Crippen molar-refractivity contribution in [1.82, 2.24) is 4.90 Å². The minimum atomic E-state index is -0.497. The molecule has 0 radical (unpaired) electrons. The Balaban J connectivity index is 2.10. The number of urea groups is 1. The molecule has 0 spiro atoms. The molecule has 0 bridgehead atoms. The molecule has 0 atom stereocenters. The summed E-state index contributed by atoms with van der Waals surface area (Å²) in [6, 6.07) is 9.64. The zero-order valence-electron chi connectivity index (χ0n) is 17.4. The van der Waals surface area contributed by atoms with Crippen molar-refractivity contribution in [1.29, 1.82) is 0 Å². The van der Waals surface area contributed by atoms with E-state index in [4.69, 9.17) is 13.9 Å². The smallest absolute Gasteiger partial charge is 0.340 e. The Labute approximate surface area is 176 Å². The van der Waals surface area contributed by atoms with Gasteiger partial charge >= 0.3 is 18.0 Å². The molecule has 2 aromatic rings. The largest absolute Gasteiger partial charge is 0.467 e.